The molecule has 0 unspecified atom stereocenters. The number of hydrogen-bond donors (Lipinski definition) is 3. The number of nitrogens with zero attached hydrogens (tertiary/aromatic N) is 3. The zero-order valence-electron chi connectivity index (χ0n) is 15.3. The molecular weight excluding hydrogens is 342 g/mol. The second kappa shape index (κ2) is 7.26. The Hall–Kier alpha value is -3.09. The van der Waals surface area contributed by atoms with Crippen LogP contribution in [0.4, 0.5) is 0 Å². The Bertz CT molecular complexity index is 959. The number of para-hydroxylation sites is 1. The molecule has 7 nitrogen and oxygen atoms in total. The van der Waals surface area contributed by atoms with Gasteiger partial charge in [0.25, 0.3) is 5.91 Å². The summed E-state index contributed by atoms with van der Waals surface area (Å²) in [7, 11) is 1.76. The summed E-state index contributed by atoms with van der Waals surface area (Å²) >= 11 is 0. The lowest BCUT2D eigenvalue weighted by Gasteiger charge is -2.15. The van der Waals surface area contributed by atoms with Crippen LogP contribution in [0.1, 0.15) is 46.7 Å². The Morgan fingerprint density at radius 3 is 2.81 bits per heavy atom. The van der Waals surface area contributed by atoms with Crippen LogP contribution in [0.15, 0.2) is 30.3 Å². The number of aromatic hydroxyl groups is 1. The van der Waals surface area contributed by atoms with Crippen molar-refractivity contribution in [2.75, 3.05) is 7.05 Å². The van der Waals surface area contributed by atoms with Crippen LogP contribution in [-0.2, 0) is 19.4 Å². The predicted octanol–water partition coefficient (Wildman–Crippen LogP) is 3.05. The van der Waals surface area contributed by atoms with Crippen molar-refractivity contribution in [3.05, 3.63) is 53.0 Å². The summed E-state index contributed by atoms with van der Waals surface area (Å²) in [5.74, 6) is -0.0230. The van der Waals surface area contributed by atoms with E-state index in [0.717, 1.165) is 18.5 Å². The fourth-order valence-electron chi connectivity index (χ4n) is 3.62. The third-order valence-electron chi connectivity index (χ3n) is 5.11. The van der Waals surface area contributed by atoms with Gasteiger partial charge in [0.1, 0.15) is 11.4 Å². The largest absolute Gasteiger partial charge is 0.507 e. The summed E-state index contributed by atoms with van der Waals surface area (Å²) in [5, 5.41) is 24.5. The van der Waals surface area contributed by atoms with Crippen molar-refractivity contribution in [2.24, 2.45) is 0 Å². The molecule has 0 fully saturated rings. The molecule has 0 spiro atoms. The highest BCUT2D eigenvalue weighted by molar-refractivity contribution is 5.93. The zero-order valence-corrected chi connectivity index (χ0v) is 15.3. The smallest absolute Gasteiger partial charge is 0.271 e. The zero-order chi connectivity index (χ0) is 18.8. The fraction of sp³-hybridized carbons (Fsp3) is 0.350. The third kappa shape index (κ3) is 3.45. The minimum absolute atomic E-state index is 0.135. The van der Waals surface area contributed by atoms with Crippen molar-refractivity contribution < 1.29 is 9.90 Å². The predicted molar refractivity (Wildman–Crippen MR) is 101 cm³/mol. The lowest BCUT2D eigenvalue weighted by molar-refractivity contribution is 0.0777. The average molecular weight is 365 g/mol. The molecule has 0 saturated heterocycles. The number of aromatic amines is 2. The van der Waals surface area contributed by atoms with E-state index in [1.165, 1.54) is 30.5 Å². The molecule has 1 amide bonds. The first-order chi connectivity index (χ1) is 13.1. The van der Waals surface area contributed by atoms with Crippen molar-refractivity contribution in [2.45, 2.75) is 38.6 Å². The van der Waals surface area contributed by atoms with E-state index < -0.39 is 0 Å². The monoisotopic (exact) mass is 365 g/mol. The molecule has 7 heteroatoms. The number of carbonyl (C=O) groups is 1. The summed E-state index contributed by atoms with van der Waals surface area (Å²) in [4.78, 5) is 14.4. The van der Waals surface area contributed by atoms with E-state index in [2.05, 4.69) is 20.4 Å². The van der Waals surface area contributed by atoms with E-state index in [1.54, 1.807) is 36.2 Å². The number of hydrogen-bond acceptors (Lipinski definition) is 4. The first kappa shape index (κ1) is 17.3. The van der Waals surface area contributed by atoms with Gasteiger partial charge in [-0.2, -0.15) is 10.2 Å². The summed E-state index contributed by atoms with van der Waals surface area (Å²) in [5.41, 5.74) is 4.95. The molecule has 4 rings (SSSR count). The number of carbonyl (C=O) groups excluding carboxylic acids is 1. The Labute approximate surface area is 157 Å². The summed E-state index contributed by atoms with van der Waals surface area (Å²) in [6.07, 6.45) is 5.64. The van der Waals surface area contributed by atoms with Gasteiger partial charge in [-0.3, -0.25) is 15.0 Å². The van der Waals surface area contributed by atoms with Gasteiger partial charge in [-0.25, -0.2) is 0 Å². The van der Waals surface area contributed by atoms with Crippen LogP contribution in [0.2, 0.25) is 0 Å². The number of nitrogens with one attached hydrogen (secondary N) is 2. The molecule has 1 aliphatic rings. The van der Waals surface area contributed by atoms with Crippen molar-refractivity contribution >= 4 is 5.91 Å². The van der Waals surface area contributed by atoms with E-state index in [-0.39, 0.29) is 11.7 Å². The molecule has 0 saturated carbocycles. The van der Waals surface area contributed by atoms with E-state index in [9.17, 15) is 9.90 Å². The molecule has 1 aliphatic carbocycles. The molecule has 3 N–H and O–H groups in total. The third-order valence-corrected chi connectivity index (χ3v) is 5.11. The van der Waals surface area contributed by atoms with E-state index >= 15 is 0 Å². The number of fused-ring (bicyclic) bond motifs is 1. The highest BCUT2D eigenvalue weighted by Crippen LogP contribution is 2.28. The van der Waals surface area contributed by atoms with Gasteiger partial charge in [0.2, 0.25) is 0 Å². The van der Waals surface area contributed by atoms with Gasteiger partial charge in [-0.05, 0) is 49.4 Å². The highest BCUT2D eigenvalue weighted by Gasteiger charge is 2.21. The van der Waals surface area contributed by atoms with Gasteiger partial charge >= 0.3 is 0 Å². The van der Waals surface area contributed by atoms with Crippen molar-refractivity contribution in [1.29, 1.82) is 0 Å². The molecule has 2 aromatic heterocycles. The number of H-pyrrole nitrogens is 2. The number of amides is 1. The van der Waals surface area contributed by atoms with E-state index in [4.69, 9.17) is 0 Å². The molecule has 3 aromatic rings. The molecule has 2 heterocycles. The first-order valence-corrected chi connectivity index (χ1v) is 9.27. The standard InChI is InChI=1S/C20H23N5O2/c1-25(12-18-13-7-3-2-4-9-15(13)21-24-18)20(27)17-11-16(22-23-17)14-8-5-6-10-19(14)26/h5-6,8,10-11,26H,2-4,7,9,12H2,1H3,(H,21,24)(H,22,23). The number of rotatable bonds is 4. The molecule has 0 bridgehead atoms. The second-order valence-electron chi connectivity index (χ2n) is 7.03. The average Bonchev–Trinajstić information content (AvgIpc) is 3.23. The van der Waals surface area contributed by atoms with E-state index in [0.29, 0.717) is 23.5 Å². The maximum Gasteiger partial charge on any atom is 0.271 e. The van der Waals surface area contributed by atoms with Crippen molar-refractivity contribution in [3.8, 4) is 17.0 Å². The Morgan fingerprint density at radius 1 is 1.15 bits per heavy atom. The Morgan fingerprint density at radius 2 is 1.96 bits per heavy atom. The maximum atomic E-state index is 12.8. The van der Waals surface area contributed by atoms with Crippen LogP contribution < -0.4 is 0 Å². The quantitative estimate of drug-likeness (QED) is 0.619. The minimum Gasteiger partial charge on any atom is -0.507 e. The molecular formula is C20H23N5O2. The molecule has 1 aromatic carbocycles. The summed E-state index contributed by atoms with van der Waals surface area (Å²) < 4.78 is 0. The highest BCUT2D eigenvalue weighted by atomic mass is 16.3. The van der Waals surface area contributed by atoms with Crippen LogP contribution in [0.25, 0.3) is 11.3 Å². The van der Waals surface area contributed by atoms with Gasteiger partial charge in [0.05, 0.1) is 17.9 Å². The first-order valence-electron chi connectivity index (χ1n) is 9.27. The lowest BCUT2D eigenvalue weighted by Crippen LogP contribution is -2.27. The van der Waals surface area contributed by atoms with Crippen LogP contribution in [0.3, 0.4) is 0 Å². The number of benzene rings is 1. The van der Waals surface area contributed by atoms with Crippen molar-refractivity contribution in [3.63, 3.8) is 0 Å². The van der Waals surface area contributed by atoms with Crippen LogP contribution in [-0.4, -0.2) is 43.4 Å². The molecule has 140 valence electrons. The number of aromatic nitrogens is 4. The SMILES string of the molecule is CN(Cc1n[nH]c2c1CCCCC2)C(=O)c1cc(-c2ccccc2O)n[nH]1. The van der Waals surface area contributed by atoms with Crippen LogP contribution in [0, 0.1) is 0 Å². The van der Waals surface area contributed by atoms with Gasteiger partial charge in [0.15, 0.2) is 0 Å². The number of phenols is 1. The maximum absolute atomic E-state index is 12.8. The van der Waals surface area contributed by atoms with Crippen LogP contribution >= 0.6 is 0 Å². The second-order valence-corrected chi connectivity index (χ2v) is 7.03. The van der Waals surface area contributed by atoms with Gasteiger partial charge < -0.3 is 10.0 Å². The Kier molecular flexibility index (Phi) is 4.66. The molecule has 0 radical (unpaired) electrons. The van der Waals surface area contributed by atoms with Gasteiger partial charge in [-0.15, -0.1) is 0 Å². The normalized spacial score (nSPS) is 13.8. The van der Waals surface area contributed by atoms with E-state index in [1.807, 2.05) is 6.07 Å². The topological polar surface area (TPSA) is 97.9 Å². The molecule has 0 aliphatic heterocycles. The lowest BCUT2D eigenvalue weighted by atomic mass is 10.1. The van der Waals surface area contributed by atoms with Crippen molar-refractivity contribution in [1.82, 2.24) is 25.3 Å². The minimum atomic E-state index is -0.158. The number of aryl methyl sites for hydroxylation is 1. The van der Waals surface area contributed by atoms with Gasteiger partial charge in [0, 0.05) is 18.3 Å². The fourth-order valence-corrected chi connectivity index (χ4v) is 3.62. The number of phenolic OH excluding ortho intramolecular Hbond substituents is 1. The summed E-state index contributed by atoms with van der Waals surface area (Å²) in [6.45, 7) is 0.454. The summed E-state index contributed by atoms with van der Waals surface area (Å²) in [6, 6.07) is 8.60. The molecule has 0 atom stereocenters. The Balaban J connectivity index is 1.50. The van der Waals surface area contributed by atoms with Gasteiger partial charge in [-0.1, -0.05) is 18.6 Å². The van der Waals surface area contributed by atoms with Crippen LogP contribution in [0.5, 0.6) is 5.75 Å². The molecule has 27 heavy (non-hydrogen) atoms.